The van der Waals surface area contributed by atoms with Crippen LogP contribution in [0, 0.1) is 0 Å². The van der Waals surface area contributed by atoms with Gasteiger partial charge in [-0.3, -0.25) is 0 Å². The average molecular weight is 246 g/mol. The van der Waals surface area contributed by atoms with Gasteiger partial charge in [-0.2, -0.15) is 0 Å². The predicted molar refractivity (Wildman–Crippen MR) is 65.2 cm³/mol. The summed E-state index contributed by atoms with van der Waals surface area (Å²) in [4.78, 5) is 0. The number of methoxy groups -OCH3 is 1. The molecule has 1 aromatic carbocycles. The highest BCUT2D eigenvalue weighted by atomic mass is 16.5. The first kappa shape index (κ1) is 12.5. The molecular formula is C13H14N2O3. The predicted octanol–water partition coefficient (Wildman–Crippen LogP) is 1.91. The number of nitrogens with zero attached hydrogens (tertiary/aromatic N) is 2. The molecule has 18 heavy (non-hydrogen) atoms. The number of rotatable bonds is 5. The van der Waals surface area contributed by atoms with E-state index in [4.69, 9.17) is 14.6 Å². The largest absolute Gasteiger partial charge is 0.438 e. The van der Waals surface area contributed by atoms with Crippen molar-refractivity contribution < 1.29 is 14.6 Å². The maximum atomic E-state index is 8.86. The Morgan fingerprint density at radius 3 is 2.72 bits per heavy atom. The Kier molecular flexibility index (Phi) is 4.22. The van der Waals surface area contributed by atoms with Crippen LogP contribution in [0.2, 0.25) is 0 Å². The first-order chi connectivity index (χ1) is 8.81. The van der Waals surface area contributed by atoms with Crippen molar-refractivity contribution in [1.29, 1.82) is 0 Å². The van der Waals surface area contributed by atoms with E-state index < -0.39 is 0 Å². The van der Waals surface area contributed by atoms with Crippen LogP contribution in [0.1, 0.15) is 11.3 Å². The SMILES string of the molecule is COCc1cccc(Oc2ccc(CO)nn2)c1. The van der Waals surface area contributed by atoms with Gasteiger partial charge >= 0.3 is 0 Å². The fourth-order valence-electron chi connectivity index (χ4n) is 1.47. The summed E-state index contributed by atoms with van der Waals surface area (Å²) >= 11 is 0. The summed E-state index contributed by atoms with van der Waals surface area (Å²) in [6.07, 6.45) is 0. The summed E-state index contributed by atoms with van der Waals surface area (Å²) in [7, 11) is 1.65. The fraction of sp³-hybridized carbons (Fsp3) is 0.231. The molecule has 1 heterocycles. The number of aromatic nitrogens is 2. The fourth-order valence-corrected chi connectivity index (χ4v) is 1.47. The standard InChI is InChI=1S/C13H14N2O3/c1-17-9-10-3-2-4-12(7-10)18-13-6-5-11(8-16)14-15-13/h2-7,16H,8-9H2,1H3. The van der Waals surface area contributed by atoms with Gasteiger partial charge < -0.3 is 14.6 Å². The van der Waals surface area contributed by atoms with Crippen molar-refractivity contribution in [2.75, 3.05) is 7.11 Å². The van der Waals surface area contributed by atoms with E-state index >= 15 is 0 Å². The molecule has 94 valence electrons. The third kappa shape index (κ3) is 3.26. The normalized spacial score (nSPS) is 10.3. The average Bonchev–Trinajstić information content (AvgIpc) is 2.40. The van der Waals surface area contributed by atoms with Crippen molar-refractivity contribution in [2.45, 2.75) is 13.2 Å². The van der Waals surface area contributed by atoms with Gasteiger partial charge in [-0.05, 0) is 23.8 Å². The molecule has 0 saturated heterocycles. The van der Waals surface area contributed by atoms with Gasteiger partial charge in [-0.15, -0.1) is 10.2 Å². The zero-order valence-electron chi connectivity index (χ0n) is 10.0. The zero-order valence-corrected chi connectivity index (χ0v) is 10.0. The van der Waals surface area contributed by atoms with Crippen molar-refractivity contribution in [3.05, 3.63) is 47.7 Å². The molecule has 2 aromatic rings. The van der Waals surface area contributed by atoms with Crippen molar-refractivity contribution in [3.8, 4) is 11.6 Å². The van der Waals surface area contributed by atoms with E-state index in [1.165, 1.54) is 0 Å². The molecule has 0 unspecified atom stereocenters. The van der Waals surface area contributed by atoms with Gasteiger partial charge in [0.25, 0.3) is 0 Å². The zero-order chi connectivity index (χ0) is 12.8. The Labute approximate surface area is 105 Å². The monoisotopic (exact) mass is 246 g/mol. The van der Waals surface area contributed by atoms with Gasteiger partial charge in [-0.1, -0.05) is 12.1 Å². The molecule has 0 aliphatic carbocycles. The van der Waals surface area contributed by atoms with Gasteiger partial charge in [0.05, 0.1) is 18.9 Å². The Hall–Kier alpha value is -1.98. The van der Waals surface area contributed by atoms with Crippen molar-refractivity contribution in [1.82, 2.24) is 10.2 Å². The molecule has 1 N–H and O–H groups in total. The smallest absolute Gasteiger partial charge is 0.238 e. The van der Waals surface area contributed by atoms with E-state index in [9.17, 15) is 0 Å². The molecule has 0 aliphatic rings. The highest BCUT2D eigenvalue weighted by Crippen LogP contribution is 2.20. The first-order valence-electron chi connectivity index (χ1n) is 5.51. The van der Waals surface area contributed by atoms with Crippen LogP contribution in [0.5, 0.6) is 11.6 Å². The lowest BCUT2D eigenvalue weighted by Crippen LogP contribution is -1.95. The molecule has 0 atom stereocenters. The highest BCUT2D eigenvalue weighted by Gasteiger charge is 2.01. The second kappa shape index (κ2) is 6.09. The summed E-state index contributed by atoms with van der Waals surface area (Å²) in [6, 6.07) is 10.9. The second-order valence-corrected chi connectivity index (χ2v) is 3.70. The lowest BCUT2D eigenvalue weighted by atomic mass is 10.2. The Balaban J connectivity index is 2.09. The summed E-state index contributed by atoms with van der Waals surface area (Å²) in [6.45, 7) is 0.406. The van der Waals surface area contributed by atoms with E-state index in [2.05, 4.69) is 10.2 Å². The topological polar surface area (TPSA) is 64.5 Å². The molecule has 0 saturated carbocycles. The molecule has 0 aliphatic heterocycles. The lowest BCUT2D eigenvalue weighted by Gasteiger charge is -2.06. The van der Waals surface area contributed by atoms with E-state index in [1.807, 2.05) is 24.3 Å². The third-order valence-electron chi connectivity index (χ3n) is 2.29. The van der Waals surface area contributed by atoms with E-state index in [0.717, 1.165) is 5.56 Å². The van der Waals surface area contributed by atoms with Crippen LogP contribution in [0.4, 0.5) is 0 Å². The summed E-state index contributed by atoms with van der Waals surface area (Å²) < 4.78 is 10.6. The summed E-state index contributed by atoms with van der Waals surface area (Å²) in [5.74, 6) is 1.07. The number of aliphatic hydroxyl groups is 1. The molecule has 1 aromatic heterocycles. The van der Waals surface area contributed by atoms with Gasteiger partial charge in [0.2, 0.25) is 5.88 Å². The van der Waals surface area contributed by atoms with Gasteiger partial charge in [-0.25, -0.2) is 0 Å². The molecule has 5 heteroatoms. The quantitative estimate of drug-likeness (QED) is 0.873. The Morgan fingerprint density at radius 1 is 1.17 bits per heavy atom. The third-order valence-corrected chi connectivity index (χ3v) is 2.29. The van der Waals surface area contributed by atoms with Crippen LogP contribution >= 0.6 is 0 Å². The van der Waals surface area contributed by atoms with Crippen molar-refractivity contribution in [2.24, 2.45) is 0 Å². The number of aliphatic hydroxyl groups excluding tert-OH is 1. The van der Waals surface area contributed by atoms with Gasteiger partial charge in [0.15, 0.2) is 0 Å². The van der Waals surface area contributed by atoms with Crippen molar-refractivity contribution in [3.63, 3.8) is 0 Å². The minimum absolute atomic E-state index is 0.128. The number of benzene rings is 1. The number of hydrogen-bond acceptors (Lipinski definition) is 5. The summed E-state index contributed by atoms with van der Waals surface area (Å²) in [5.41, 5.74) is 1.53. The van der Waals surface area contributed by atoms with Gasteiger partial charge in [0, 0.05) is 13.2 Å². The minimum Gasteiger partial charge on any atom is -0.438 e. The van der Waals surface area contributed by atoms with E-state index in [0.29, 0.717) is 23.9 Å². The molecule has 0 radical (unpaired) electrons. The maximum absolute atomic E-state index is 8.86. The molecule has 0 bridgehead atoms. The molecule has 0 amide bonds. The summed E-state index contributed by atoms with van der Waals surface area (Å²) in [5, 5.41) is 16.5. The number of ether oxygens (including phenoxy) is 2. The molecule has 0 fully saturated rings. The highest BCUT2D eigenvalue weighted by molar-refractivity contribution is 5.31. The van der Waals surface area contributed by atoms with Gasteiger partial charge in [0.1, 0.15) is 5.75 Å². The van der Waals surface area contributed by atoms with E-state index in [-0.39, 0.29) is 6.61 Å². The van der Waals surface area contributed by atoms with E-state index in [1.54, 1.807) is 19.2 Å². The minimum atomic E-state index is -0.128. The molecule has 0 spiro atoms. The van der Waals surface area contributed by atoms with Crippen LogP contribution in [-0.2, 0) is 18.0 Å². The van der Waals surface area contributed by atoms with Crippen LogP contribution in [0.25, 0.3) is 0 Å². The van der Waals surface area contributed by atoms with Crippen LogP contribution < -0.4 is 4.74 Å². The number of hydrogen-bond donors (Lipinski definition) is 1. The van der Waals surface area contributed by atoms with Crippen molar-refractivity contribution >= 4 is 0 Å². The first-order valence-corrected chi connectivity index (χ1v) is 5.51. The Bertz CT molecular complexity index is 500. The van der Waals surface area contributed by atoms with Crippen LogP contribution in [0.3, 0.4) is 0 Å². The lowest BCUT2D eigenvalue weighted by molar-refractivity contribution is 0.184. The molecular weight excluding hydrogens is 232 g/mol. The molecule has 2 rings (SSSR count). The van der Waals surface area contributed by atoms with Crippen LogP contribution in [-0.4, -0.2) is 22.4 Å². The Morgan fingerprint density at radius 2 is 2.06 bits per heavy atom. The molecule has 5 nitrogen and oxygen atoms in total. The van der Waals surface area contributed by atoms with Crippen LogP contribution in [0.15, 0.2) is 36.4 Å². The second-order valence-electron chi connectivity index (χ2n) is 3.70. The maximum Gasteiger partial charge on any atom is 0.238 e.